The quantitative estimate of drug-likeness (QED) is 0.330. The first-order valence-electron chi connectivity index (χ1n) is 8.40. The van der Waals surface area contributed by atoms with Gasteiger partial charge in [0.2, 0.25) is 0 Å². The zero-order valence-electron chi connectivity index (χ0n) is 14.4. The van der Waals surface area contributed by atoms with E-state index in [1.54, 1.807) is 6.92 Å². The molecule has 0 aromatic heterocycles. The summed E-state index contributed by atoms with van der Waals surface area (Å²) < 4.78 is 16.4. The molecule has 0 radical (unpaired) electrons. The summed E-state index contributed by atoms with van der Waals surface area (Å²) in [6.45, 7) is 10.9. The van der Waals surface area contributed by atoms with Gasteiger partial charge in [-0.2, -0.15) is 0 Å². The maximum atomic E-state index is 12.2. The Bertz CT molecular complexity index is 688. The molecule has 3 aliphatic rings. The molecule has 5 atom stereocenters. The number of hydrogen-bond acceptors (Lipinski definition) is 6. The van der Waals surface area contributed by atoms with Gasteiger partial charge in [-0.05, 0) is 32.8 Å². The van der Waals surface area contributed by atoms with Gasteiger partial charge < -0.3 is 14.2 Å². The monoisotopic (exact) mass is 346 g/mol. The Morgan fingerprint density at radius 2 is 2.00 bits per heavy atom. The van der Waals surface area contributed by atoms with Crippen molar-refractivity contribution in [3.05, 3.63) is 36.0 Å². The molecule has 0 N–H and O–H groups in total. The smallest absolute Gasteiger partial charge is 0.334 e. The second kappa shape index (κ2) is 6.50. The summed E-state index contributed by atoms with van der Waals surface area (Å²) in [4.78, 5) is 36.3. The third-order valence-electron chi connectivity index (χ3n) is 4.95. The number of hydrogen-bond donors (Lipinski definition) is 0. The number of fused-ring (bicyclic) bond motifs is 3. The summed E-state index contributed by atoms with van der Waals surface area (Å²) in [5.41, 5.74) is 1.47. The lowest BCUT2D eigenvalue weighted by Gasteiger charge is -2.28. The molecule has 2 aliphatic heterocycles. The van der Waals surface area contributed by atoms with Crippen LogP contribution in [-0.2, 0) is 28.6 Å². The fourth-order valence-electron chi connectivity index (χ4n) is 3.71. The van der Waals surface area contributed by atoms with Crippen LogP contribution in [0.1, 0.15) is 33.1 Å². The average Bonchev–Trinajstić information content (AvgIpc) is 2.98. The van der Waals surface area contributed by atoms with Crippen molar-refractivity contribution in [1.82, 2.24) is 0 Å². The number of carbonyl (C=O) groups is 3. The molecule has 25 heavy (non-hydrogen) atoms. The SMILES string of the molecule is C=C(C)C(=O)O[C@@H]1C[C@@H]2C[C@H](C/C(C)=C/[C@H]3OC(=O)C(=C)[C@@H]31)OC2=O. The van der Waals surface area contributed by atoms with Crippen LogP contribution >= 0.6 is 0 Å². The van der Waals surface area contributed by atoms with Crippen molar-refractivity contribution in [3.8, 4) is 0 Å². The van der Waals surface area contributed by atoms with E-state index in [1.165, 1.54) is 0 Å². The summed E-state index contributed by atoms with van der Waals surface area (Å²) in [5.74, 6) is -2.24. The first kappa shape index (κ1) is 17.5. The van der Waals surface area contributed by atoms with E-state index in [9.17, 15) is 14.4 Å². The molecule has 0 saturated carbocycles. The number of carbonyl (C=O) groups excluding carboxylic acids is 3. The van der Waals surface area contributed by atoms with Crippen molar-refractivity contribution in [1.29, 1.82) is 0 Å². The van der Waals surface area contributed by atoms with Crippen molar-refractivity contribution < 1.29 is 28.6 Å². The van der Waals surface area contributed by atoms with Gasteiger partial charge in [-0.15, -0.1) is 0 Å². The van der Waals surface area contributed by atoms with Gasteiger partial charge >= 0.3 is 17.9 Å². The molecule has 0 aromatic rings. The lowest BCUT2D eigenvalue weighted by Crippen LogP contribution is -2.35. The van der Waals surface area contributed by atoms with Crippen LogP contribution in [0.3, 0.4) is 0 Å². The first-order chi connectivity index (χ1) is 11.8. The standard InChI is InChI=1S/C19H22O6/c1-9(2)17(20)24-15-8-12-7-13(23-19(12)22)5-10(3)6-14-16(15)11(4)18(21)25-14/h6,12-16H,1,4-5,7-8H2,2-3H3/b10-6+/t12-,13-,14+,15+,16-/m0/s1. The number of esters is 3. The maximum absolute atomic E-state index is 12.2. The van der Waals surface area contributed by atoms with Crippen LogP contribution in [0.25, 0.3) is 0 Å². The van der Waals surface area contributed by atoms with Gasteiger partial charge in [-0.25, -0.2) is 9.59 Å². The van der Waals surface area contributed by atoms with Crippen LogP contribution in [-0.4, -0.2) is 36.2 Å². The Morgan fingerprint density at radius 1 is 1.28 bits per heavy atom. The second-order valence-corrected chi connectivity index (χ2v) is 7.09. The molecular weight excluding hydrogens is 324 g/mol. The van der Waals surface area contributed by atoms with Gasteiger partial charge in [0.05, 0.1) is 11.8 Å². The van der Waals surface area contributed by atoms with E-state index in [0.29, 0.717) is 12.8 Å². The fraction of sp³-hybridized carbons (Fsp3) is 0.526. The minimum atomic E-state index is -0.702. The molecule has 0 spiro atoms. The topological polar surface area (TPSA) is 78.9 Å². The Labute approximate surface area is 146 Å². The molecule has 2 heterocycles. The Balaban J connectivity index is 1.98. The summed E-state index contributed by atoms with van der Waals surface area (Å²) in [6, 6.07) is 0. The number of ether oxygens (including phenoxy) is 3. The van der Waals surface area contributed by atoms with Gasteiger partial charge in [0.1, 0.15) is 18.3 Å². The van der Waals surface area contributed by atoms with Crippen LogP contribution < -0.4 is 0 Å². The maximum Gasteiger partial charge on any atom is 0.334 e. The molecule has 0 amide bonds. The highest BCUT2D eigenvalue weighted by atomic mass is 16.6. The van der Waals surface area contributed by atoms with E-state index < -0.39 is 30.1 Å². The van der Waals surface area contributed by atoms with Gasteiger partial charge in [0.15, 0.2) is 0 Å². The predicted octanol–water partition coefficient (Wildman–Crippen LogP) is 2.24. The normalized spacial score (nSPS) is 36.6. The van der Waals surface area contributed by atoms with Crippen LogP contribution in [0, 0.1) is 11.8 Å². The Kier molecular flexibility index (Phi) is 4.54. The Morgan fingerprint density at radius 3 is 2.68 bits per heavy atom. The van der Waals surface area contributed by atoms with E-state index >= 15 is 0 Å². The lowest BCUT2D eigenvalue weighted by molar-refractivity contribution is -0.152. The third kappa shape index (κ3) is 3.38. The summed E-state index contributed by atoms with van der Waals surface area (Å²) >= 11 is 0. The largest absolute Gasteiger partial charge is 0.462 e. The summed E-state index contributed by atoms with van der Waals surface area (Å²) in [7, 11) is 0. The fourth-order valence-corrected chi connectivity index (χ4v) is 3.71. The molecule has 6 heteroatoms. The minimum absolute atomic E-state index is 0.192. The second-order valence-electron chi connectivity index (χ2n) is 7.09. The molecule has 0 unspecified atom stereocenters. The highest BCUT2D eigenvalue weighted by molar-refractivity contribution is 5.92. The molecule has 2 fully saturated rings. The lowest BCUT2D eigenvalue weighted by atomic mass is 9.82. The molecule has 134 valence electrons. The Hall–Kier alpha value is -2.37. The van der Waals surface area contributed by atoms with E-state index in [1.807, 2.05) is 13.0 Å². The van der Waals surface area contributed by atoms with Crippen LogP contribution in [0.4, 0.5) is 0 Å². The zero-order valence-corrected chi connectivity index (χ0v) is 14.4. The molecule has 6 nitrogen and oxygen atoms in total. The molecular formula is C19H22O6. The summed E-state index contributed by atoms with van der Waals surface area (Å²) in [5, 5.41) is 0. The third-order valence-corrected chi connectivity index (χ3v) is 4.95. The highest BCUT2D eigenvalue weighted by Crippen LogP contribution is 2.39. The van der Waals surface area contributed by atoms with Gasteiger partial charge in [0, 0.05) is 17.6 Å². The van der Waals surface area contributed by atoms with Crippen molar-refractivity contribution in [3.63, 3.8) is 0 Å². The van der Waals surface area contributed by atoms with Crippen LogP contribution in [0.15, 0.2) is 36.0 Å². The van der Waals surface area contributed by atoms with Crippen molar-refractivity contribution >= 4 is 17.9 Å². The van der Waals surface area contributed by atoms with Crippen molar-refractivity contribution in [2.75, 3.05) is 0 Å². The van der Waals surface area contributed by atoms with Gasteiger partial charge in [0.25, 0.3) is 0 Å². The zero-order chi connectivity index (χ0) is 18.3. The average molecular weight is 346 g/mol. The van der Waals surface area contributed by atoms with E-state index in [0.717, 1.165) is 5.57 Å². The molecule has 2 saturated heterocycles. The highest BCUT2D eigenvalue weighted by Gasteiger charge is 2.48. The minimum Gasteiger partial charge on any atom is -0.462 e. The molecule has 2 bridgehead atoms. The molecule has 0 aromatic carbocycles. The predicted molar refractivity (Wildman–Crippen MR) is 88.2 cm³/mol. The first-order valence-corrected chi connectivity index (χ1v) is 8.40. The molecule has 1 aliphatic carbocycles. The van der Waals surface area contributed by atoms with E-state index in [4.69, 9.17) is 14.2 Å². The van der Waals surface area contributed by atoms with Gasteiger partial charge in [-0.1, -0.05) is 18.7 Å². The van der Waals surface area contributed by atoms with Crippen molar-refractivity contribution in [2.45, 2.75) is 51.4 Å². The number of rotatable bonds is 2. The van der Waals surface area contributed by atoms with E-state index in [2.05, 4.69) is 13.2 Å². The van der Waals surface area contributed by atoms with Crippen LogP contribution in [0.2, 0.25) is 0 Å². The van der Waals surface area contributed by atoms with Gasteiger partial charge in [-0.3, -0.25) is 4.79 Å². The molecule has 3 rings (SSSR count). The van der Waals surface area contributed by atoms with E-state index in [-0.39, 0.29) is 35.6 Å². The van der Waals surface area contributed by atoms with Crippen LogP contribution in [0.5, 0.6) is 0 Å². The summed E-state index contributed by atoms with van der Waals surface area (Å²) in [6.07, 6.45) is 1.84. The van der Waals surface area contributed by atoms with Crippen molar-refractivity contribution in [2.24, 2.45) is 11.8 Å².